The molecule has 2 amide bonds. The van der Waals surface area contributed by atoms with E-state index in [0.717, 1.165) is 11.4 Å². The summed E-state index contributed by atoms with van der Waals surface area (Å²) >= 11 is 0. The predicted molar refractivity (Wildman–Crippen MR) is 112 cm³/mol. The summed E-state index contributed by atoms with van der Waals surface area (Å²) in [7, 11) is 1.32. The lowest BCUT2D eigenvalue weighted by molar-refractivity contribution is -0.126. The van der Waals surface area contributed by atoms with Gasteiger partial charge in [-0.25, -0.2) is 10.2 Å². The lowest BCUT2D eigenvalue weighted by Crippen LogP contribution is -2.30. The van der Waals surface area contributed by atoms with Crippen LogP contribution in [0.5, 0.6) is 5.75 Å². The number of hydrazone groups is 1. The summed E-state index contributed by atoms with van der Waals surface area (Å²) in [6.45, 7) is 2.77. The Labute approximate surface area is 174 Å². The summed E-state index contributed by atoms with van der Waals surface area (Å²) in [5.74, 6) is -0.602. The lowest BCUT2D eigenvalue weighted by Gasteiger charge is -2.17. The molecule has 1 aliphatic heterocycles. The normalized spacial score (nSPS) is 16.0. The third-order valence-corrected chi connectivity index (χ3v) is 4.68. The van der Waals surface area contributed by atoms with Gasteiger partial charge in [-0.1, -0.05) is 12.1 Å². The second-order valence-corrected chi connectivity index (χ2v) is 6.68. The molecule has 1 saturated heterocycles. The number of esters is 1. The number of hydrogen-bond donors (Lipinski definition) is 1. The van der Waals surface area contributed by atoms with E-state index in [1.807, 2.05) is 6.92 Å². The molecule has 0 radical (unpaired) electrons. The zero-order valence-corrected chi connectivity index (χ0v) is 16.8. The molecule has 0 saturated carbocycles. The molecule has 0 aromatic heterocycles. The van der Waals surface area contributed by atoms with Gasteiger partial charge in [-0.3, -0.25) is 9.59 Å². The van der Waals surface area contributed by atoms with Gasteiger partial charge < -0.3 is 14.4 Å². The van der Waals surface area contributed by atoms with Gasteiger partial charge in [0.05, 0.1) is 31.4 Å². The maximum atomic E-state index is 12.4. The van der Waals surface area contributed by atoms with Crippen LogP contribution in [-0.4, -0.2) is 44.3 Å². The Hall–Kier alpha value is -3.68. The molecule has 1 atom stereocenters. The van der Waals surface area contributed by atoms with Gasteiger partial charge in [0.15, 0.2) is 0 Å². The number of carbonyl (C=O) groups excluding carboxylic acids is 3. The number of benzene rings is 2. The van der Waals surface area contributed by atoms with Crippen molar-refractivity contribution in [2.75, 3.05) is 25.2 Å². The zero-order chi connectivity index (χ0) is 21.5. The van der Waals surface area contributed by atoms with Crippen molar-refractivity contribution in [3.05, 3.63) is 59.7 Å². The first-order valence-electron chi connectivity index (χ1n) is 9.56. The van der Waals surface area contributed by atoms with Crippen LogP contribution < -0.4 is 15.1 Å². The van der Waals surface area contributed by atoms with Gasteiger partial charge in [-0.2, -0.15) is 5.10 Å². The Morgan fingerprint density at radius 3 is 2.50 bits per heavy atom. The largest absolute Gasteiger partial charge is 0.494 e. The lowest BCUT2D eigenvalue weighted by atomic mass is 10.1. The first kappa shape index (κ1) is 21.0. The first-order valence-corrected chi connectivity index (χ1v) is 9.56. The standard InChI is InChI=1S/C22H23N3O5/c1-3-30-19-10-8-18(9-11-19)25-14-17(12-20(25)26)21(27)24-23-13-15-4-6-16(7-5-15)22(28)29-2/h4-11,13,17H,3,12,14H2,1-2H3,(H,24,27)/t17-/m1/s1. The highest BCUT2D eigenvalue weighted by molar-refractivity contribution is 6.00. The average Bonchev–Trinajstić information content (AvgIpc) is 3.16. The van der Waals surface area contributed by atoms with Crippen LogP contribution in [0.15, 0.2) is 53.6 Å². The fourth-order valence-corrected chi connectivity index (χ4v) is 3.11. The van der Waals surface area contributed by atoms with Crippen LogP contribution in [0.4, 0.5) is 5.69 Å². The van der Waals surface area contributed by atoms with E-state index in [9.17, 15) is 14.4 Å². The Bertz CT molecular complexity index is 938. The van der Waals surface area contributed by atoms with Crippen molar-refractivity contribution in [1.82, 2.24) is 5.43 Å². The van der Waals surface area contributed by atoms with Crippen LogP contribution >= 0.6 is 0 Å². The van der Waals surface area contributed by atoms with Gasteiger partial charge in [0.1, 0.15) is 5.75 Å². The van der Waals surface area contributed by atoms with Gasteiger partial charge in [0.2, 0.25) is 11.8 Å². The fourth-order valence-electron chi connectivity index (χ4n) is 3.11. The van der Waals surface area contributed by atoms with Crippen molar-refractivity contribution in [1.29, 1.82) is 0 Å². The van der Waals surface area contributed by atoms with Crippen LogP contribution in [-0.2, 0) is 14.3 Å². The Balaban J connectivity index is 1.55. The quantitative estimate of drug-likeness (QED) is 0.430. The second-order valence-electron chi connectivity index (χ2n) is 6.68. The van der Waals surface area contributed by atoms with E-state index in [-0.39, 0.29) is 18.2 Å². The van der Waals surface area contributed by atoms with Crippen LogP contribution in [0.25, 0.3) is 0 Å². The summed E-state index contributed by atoms with van der Waals surface area (Å²) in [4.78, 5) is 37.8. The first-order chi connectivity index (χ1) is 14.5. The number of hydrogen-bond acceptors (Lipinski definition) is 6. The van der Waals surface area contributed by atoms with Crippen LogP contribution in [0.3, 0.4) is 0 Å². The van der Waals surface area contributed by atoms with Crippen molar-refractivity contribution in [3.63, 3.8) is 0 Å². The number of amides is 2. The Morgan fingerprint density at radius 2 is 1.87 bits per heavy atom. The molecule has 0 spiro atoms. The molecule has 0 aliphatic carbocycles. The van der Waals surface area contributed by atoms with E-state index in [1.165, 1.54) is 13.3 Å². The van der Waals surface area contributed by atoms with E-state index in [1.54, 1.807) is 53.4 Å². The number of rotatable bonds is 7. The maximum absolute atomic E-state index is 12.4. The maximum Gasteiger partial charge on any atom is 0.337 e. The number of ether oxygens (including phenoxy) is 2. The third-order valence-electron chi connectivity index (χ3n) is 4.68. The summed E-state index contributed by atoms with van der Waals surface area (Å²) in [6.07, 6.45) is 1.60. The molecule has 8 nitrogen and oxygen atoms in total. The molecule has 2 aromatic carbocycles. The number of carbonyl (C=O) groups is 3. The molecule has 0 bridgehead atoms. The summed E-state index contributed by atoms with van der Waals surface area (Å²) in [6, 6.07) is 13.8. The van der Waals surface area contributed by atoms with Crippen molar-refractivity contribution < 1.29 is 23.9 Å². The van der Waals surface area contributed by atoms with E-state index in [2.05, 4.69) is 15.3 Å². The van der Waals surface area contributed by atoms with E-state index >= 15 is 0 Å². The summed E-state index contributed by atoms with van der Waals surface area (Å²) in [5.41, 5.74) is 4.35. The Morgan fingerprint density at radius 1 is 1.17 bits per heavy atom. The van der Waals surface area contributed by atoms with Crippen molar-refractivity contribution >= 4 is 29.7 Å². The van der Waals surface area contributed by atoms with Crippen molar-refractivity contribution in [2.24, 2.45) is 11.0 Å². The molecular formula is C22H23N3O5. The number of nitrogens with zero attached hydrogens (tertiary/aromatic N) is 2. The summed E-state index contributed by atoms with van der Waals surface area (Å²) < 4.78 is 10.1. The molecule has 156 valence electrons. The molecular weight excluding hydrogens is 386 g/mol. The van der Waals surface area contributed by atoms with Gasteiger partial charge in [-0.15, -0.1) is 0 Å². The second kappa shape index (κ2) is 9.69. The minimum Gasteiger partial charge on any atom is -0.494 e. The number of methoxy groups -OCH3 is 1. The van der Waals surface area contributed by atoms with Gasteiger partial charge >= 0.3 is 5.97 Å². The van der Waals surface area contributed by atoms with Crippen LogP contribution in [0, 0.1) is 5.92 Å². The van der Waals surface area contributed by atoms with Gasteiger partial charge in [0, 0.05) is 18.7 Å². The van der Waals surface area contributed by atoms with Crippen molar-refractivity contribution in [2.45, 2.75) is 13.3 Å². The highest BCUT2D eigenvalue weighted by atomic mass is 16.5. The minimum absolute atomic E-state index is 0.110. The molecule has 8 heteroatoms. The highest BCUT2D eigenvalue weighted by Crippen LogP contribution is 2.27. The van der Waals surface area contributed by atoms with Gasteiger partial charge in [0.25, 0.3) is 0 Å². The molecule has 1 aliphatic rings. The third kappa shape index (κ3) is 5.02. The van der Waals surface area contributed by atoms with E-state index in [4.69, 9.17) is 4.74 Å². The highest BCUT2D eigenvalue weighted by Gasteiger charge is 2.35. The molecule has 1 N–H and O–H groups in total. The average molecular weight is 409 g/mol. The van der Waals surface area contributed by atoms with E-state index in [0.29, 0.717) is 24.3 Å². The summed E-state index contributed by atoms with van der Waals surface area (Å²) in [5, 5.41) is 3.95. The van der Waals surface area contributed by atoms with Gasteiger partial charge in [-0.05, 0) is 48.9 Å². The monoisotopic (exact) mass is 409 g/mol. The predicted octanol–water partition coefficient (Wildman–Crippen LogP) is 2.38. The molecule has 30 heavy (non-hydrogen) atoms. The molecule has 1 fully saturated rings. The molecule has 3 rings (SSSR count). The Kier molecular flexibility index (Phi) is 6.79. The number of anilines is 1. The van der Waals surface area contributed by atoms with Crippen molar-refractivity contribution in [3.8, 4) is 5.75 Å². The number of nitrogens with one attached hydrogen (secondary N) is 1. The SMILES string of the molecule is CCOc1ccc(N2C[C@H](C(=O)NN=Cc3ccc(C(=O)OC)cc3)CC2=O)cc1. The zero-order valence-electron chi connectivity index (χ0n) is 16.8. The smallest absolute Gasteiger partial charge is 0.337 e. The molecule has 1 heterocycles. The minimum atomic E-state index is -0.483. The molecule has 2 aromatic rings. The van der Waals surface area contributed by atoms with Crippen LogP contribution in [0.1, 0.15) is 29.3 Å². The fraction of sp³-hybridized carbons (Fsp3) is 0.273. The molecule has 0 unspecified atom stereocenters. The topological polar surface area (TPSA) is 97.3 Å². The van der Waals surface area contributed by atoms with E-state index < -0.39 is 11.9 Å². The van der Waals surface area contributed by atoms with Crippen LogP contribution in [0.2, 0.25) is 0 Å².